The third-order valence-corrected chi connectivity index (χ3v) is 17.1. The Hall–Kier alpha value is -5.03. The van der Waals surface area contributed by atoms with Crippen LogP contribution in [0.3, 0.4) is 0 Å². The lowest BCUT2D eigenvalue weighted by atomic mass is 9.89. The number of piperidine rings is 1. The number of amides is 6. The maximum Gasteiger partial charge on any atom is 0.407 e. The molecular formula is C58H92N6O11. The SMILES string of the molecule is C=CCC[C@@H]1[C@H](CCC)[C@@H]1COC(=O)NCCCCCC(=O)N1[C@@H]2CC[C@@H](C2)[C@H]1C(=O)N[C@H](C(=O)N(C)[C@@H]([C@@H](C)CC)[C@@H](CC(=O)N1CCC[C@H]1[C@H](OC)[C@@H](C)C(=O)N[C@@H](Cc1ccccc1)C(=O)O)OC)C(C)C. The molecule has 75 heavy (non-hydrogen) atoms. The predicted molar refractivity (Wildman–Crippen MR) is 287 cm³/mol. The number of nitrogens with one attached hydrogen (secondary N) is 3. The van der Waals surface area contributed by atoms with Crippen molar-refractivity contribution in [2.24, 2.45) is 41.4 Å². The van der Waals surface area contributed by atoms with Crippen LogP contribution in [0, 0.1) is 41.4 Å². The van der Waals surface area contributed by atoms with Crippen molar-refractivity contribution in [3.63, 3.8) is 0 Å². The highest BCUT2D eigenvalue weighted by Crippen LogP contribution is 2.52. The van der Waals surface area contributed by atoms with Crippen molar-refractivity contribution in [2.45, 2.75) is 193 Å². The van der Waals surface area contributed by atoms with Gasteiger partial charge in [0, 0.05) is 53.2 Å². The molecule has 17 heteroatoms. The molecule has 17 nitrogen and oxygen atoms in total. The minimum absolute atomic E-state index is 0.00231. The van der Waals surface area contributed by atoms with Crippen molar-refractivity contribution in [3.8, 4) is 0 Å². The number of unbranched alkanes of at least 4 members (excludes halogenated alkanes) is 2. The number of nitrogens with zero attached hydrogens (tertiary/aromatic N) is 3. The minimum Gasteiger partial charge on any atom is -0.480 e. The molecule has 2 saturated carbocycles. The molecule has 4 aliphatic rings. The Labute approximate surface area is 447 Å². The van der Waals surface area contributed by atoms with Gasteiger partial charge in [0.1, 0.15) is 18.1 Å². The molecule has 6 amide bonds. The normalized spacial score (nSPS) is 24.6. The van der Waals surface area contributed by atoms with E-state index >= 15 is 0 Å². The zero-order valence-corrected chi connectivity index (χ0v) is 46.6. The lowest BCUT2D eigenvalue weighted by Crippen LogP contribution is -2.60. The zero-order chi connectivity index (χ0) is 54.9. The summed E-state index contributed by atoms with van der Waals surface area (Å²) in [7, 11) is 4.72. The highest BCUT2D eigenvalue weighted by atomic mass is 16.5. The largest absolute Gasteiger partial charge is 0.480 e. The van der Waals surface area contributed by atoms with Gasteiger partial charge in [0.15, 0.2) is 0 Å². The fraction of sp³-hybridized carbons (Fsp3) is 0.741. The number of carbonyl (C=O) groups is 7. The number of methoxy groups -OCH3 is 2. The lowest BCUT2D eigenvalue weighted by Gasteiger charge is -2.41. The van der Waals surface area contributed by atoms with Crippen LogP contribution in [-0.4, -0.2) is 151 Å². The molecular weight excluding hydrogens is 957 g/mol. The number of carboxylic acid groups (broad SMARTS) is 1. The average Bonchev–Trinajstić information content (AvgIpc) is 3.82. The maximum absolute atomic E-state index is 14.7. The van der Waals surface area contributed by atoms with Crippen molar-refractivity contribution >= 4 is 41.6 Å². The van der Waals surface area contributed by atoms with E-state index in [-0.39, 0.29) is 66.7 Å². The van der Waals surface area contributed by atoms with Crippen molar-refractivity contribution < 1.29 is 52.9 Å². The second-order valence-corrected chi connectivity index (χ2v) is 22.4. The molecule has 1 aromatic carbocycles. The molecule has 2 aliphatic heterocycles. The van der Waals surface area contributed by atoms with Gasteiger partial charge in [-0.05, 0) is 98.9 Å². The van der Waals surface area contributed by atoms with E-state index in [1.54, 1.807) is 28.7 Å². The molecule has 2 aliphatic carbocycles. The Morgan fingerprint density at radius 3 is 2.25 bits per heavy atom. The van der Waals surface area contributed by atoms with E-state index in [0.717, 1.165) is 56.9 Å². The molecule has 420 valence electrons. The third kappa shape index (κ3) is 16.0. The number of carboxylic acids is 1. The number of fused-ring (bicyclic) bond motifs is 2. The van der Waals surface area contributed by atoms with E-state index in [2.05, 4.69) is 29.5 Å². The van der Waals surface area contributed by atoms with Gasteiger partial charge in [-0.25, -0.2) is 9.59 Å². The highest BCUT2D eigenvalue weighted by Gasteiger charge is 2.52. The first-order valence-electron chi connectivity index (χ1n) is 28.2. The van der Waals surface area contributed by atoms with Crippen LogP contribution in [0.1, 0.15) is 143 Å². The van der Waals surface area contributed by atoms with Crippen LogP contribution in [-0.2, 0) is 49.4 Å². The van der Waals surface area contributed by atoms with E-state index in [1.165, 1.54) is 14.2 Å². The minimum atomic E-state index is -1.15. The van der Waals surface area contributed by atoms with Gasteiger partial charge in [-0.1, -0.05) is 104 Å². The molecule has 4 fully saturated rings. The van der Waals surface area contributed by atoms with Crippen LogP contribution < -0.4 is 16.0 Å². The summed E-state index contributed by atoms with van der Waals surface area (Å²) in [4.78, 5) is 101. The number of carbonyl (C=O) groups excluding carboxylic acids is 6. The smallest absolute Gasteiger partial charge is 0.407 e. The fourth-order valence-corrected chi connectivity index (χ4v) is 12.7. The number of ether oxygens (including phenoxy) is 3. The highest BCUT2D eigenvalue weighted by molar-refractivity contribution is 5.93. The maximum atomic E-state index is 14.7. The Morgan fingerprint density at radius 2 is 1.61 bits per heavy atom. The second kappa shape index (κ2) is 29.5. The first kappa shape index (κ1) is 60.8. The Morgan fingerprint density at radius 1 is 0.893 bits per heavy atom. The van der Waals surface area contributed by atoms with Crippen LogP contribution in [0.5, 0.6) is 0 Å². The number of hydrogen-bond donors (Lipinski definition) is 4. The van der Waals surface area contributed by atoms with Gasteiger partial charge >= 0.3 is 12.1 Å². The number of allylic oxidation sites excluding steroid dienone is 1. The fourth-order valence-electron chi connectivity index (χ4n) is 12.7. The average molecular weight is 1050 g/mol. The van der Waals surface area contributed by atoms with Crippen molar-refractivity contribution in [1.82, 2.24) is 30.7 Å². The molecule has 0 aromatic heterocycles. The standard InChI is InChI=1S/C58H92N6O11/c1-11-14-25-43-42(22-12-2)44(43)35-75-58(72)59-30-20-16-19-27-48(65)64-41-29-28-40(33-41)52(64)55(68)61-50(36(4)5)56(69)62(8)51(37(6)13-3)47(73-9)34-49(66)63-31-21-26-46(63)53(74-10)38(7)54(67)60-45(57(70)71)32-39-23-17-15-18-24-39/h11,15,17-18,23-24,36-38,40-47,50-53H,1,12-14,16,19-22,25-35H2,2-10H3,(H,59,72)(H,60,67)(H,61,68)(H,70,71)/t37-,38+,40-,41+,42-,43+,44-,45-,46-,47+,50-,51-,52-,53+/m0/s1. The van der Waals surface area contributed by atoms with Gasteiger partial charge in [-0.2, -0.15) is 0 Å². The van der Waals surface area contributed by atoms with Crippen LogP contribution >= 0.6 is 0 Å². The van der Waals surface area contributed by atoms with E-state index in [0.29, 0.717) is 69.6 Å². The number of likely N-dealkylation sites (tertiary alicyclic amines) is 2. The Kier molecular flexibility index (Phi) is 23.9. The van der Waals surface area contributed by atoms with Crippen molar-refractivity contribution in [3.05, 3.63) is 48.6 Å². The van der Waals surface area contributed by atoms with Gasteiger partial charge in [0.2, 0.25) is 29.5 Å². The molecule has 5 rings (SSSR count). The van der Waals surface area contributed by atoms with Crippen LogP contribution in [0.4, 0.5) is 4.79 Å². The number of hydrogen-bond acceptors (Lipinski definition) is 10. The molecule has 0 radical (unpaired) electrons. The second-order valence-electron chi connectivity index (χ2n) is 22.4. The first-order valence-corrected chi connectivity index (χ1v) is 28.2. The molecule has 4 N–H and O–H groups in total. The molecule has 0 unspecified atom stereocenters. The summed E-state index contributed by atoms with van der Waals surface area (Å²) in [5, 5.41) is 18.6. The summed E-state index contributed by atoms with van der Waals surface area (Å²) in [5.41, 5.74) is 0.771. The molecule has 2 saturated heterocycles. The van der Waals surface area contributed by atoms with Crippen molar-refractivity contribution in [2.75, 3.05) is 41.0 Å². The topological polar surface area (TPSA) is 213 Å². The van der Waals surface area contributed by atoms with Crippen LogP contribution in [0.2, 0.25) is 0 Å². The zero-order valence-electron chi connectivity index (χ0n) is 46.6. The van der Waals surface area contributed by atoms with E-state index in [9.17, 15) is 38.7 Å². The number of likely N-dealkylation sites (N-methyl/N-ethyl adjacent to an activating group) is 1. The number of rotatable bonds is 32. The van der Waals surface area contributed by atoms with Gasteiger partial charge < -0.3 is 50.0 Å². The first-order chi connectivity index (χ1) is 35.9. The Balaban J connectivity index is 1.15. The summed E-state index contributed by atoms with van der Waals surface area (Å²) in [5.74, 6) is -2.14. The summed E-state index contributed by atoms with van der Waals surface area (Å²) >= 11 is 0. The summed E-state index contributed by atoms with van der Waals surface area (Å²) in [6.07, 6.45) is 11.2. The summed E-state index contributed by atoms with van der Waals surface area (Å²) in [6.45, 7) is 16.8. The van der Waals surface area contributed by atoms with Crippen LogP contribution in [0.25, 0.3) is 0 Å². The van der Waals surface area contributed by atoms with Gasteiger partial charge in [-0.3, -0.25) is 24.0 Å². The van der Waals surface area contributed by atoms with E-state index in [4.69, 9.17) is 14.2 Å². The molecule has 2 heterocycles. The molecule has 1 aromatic rings. The quantitative estimate of drug-likeness (QED) is 0.0420. The lowest BCUT2D eigenvalue weighted by molar-refractivity contribution is -0.149. The molecule has 14 atom stereocenters. The van der Waals surface area contributed by atoms with E-state index < -0.39 is 66.3 Å². The van der Waals surface area contributed by atoms with Gasteiger partial charge in [0.25, 0.3) is 0 Å². The van der Waals surface area contributed by atoms with E-state index in [1.807, 2.05) is 64.1 Å². The number of alkyl carbamates (subject to hydrolysis) is 1. The summed E-state index contributed by atoms with van der Waals surface area (Å²) in [6, 6.07) is 5.30. The number of aliphatic carboxylic acids is 1. The molecule has 0 spiro atoms. The van der Waals surface area contributed by atoms with Crippen molar-refractivity contribution in [1.29, 1.82) is 0 Å². The monoisotopic (exact) mass is 1050 g/mol. The molecule has 2 bridgehead atoms. The number of benzene rings is 1. The van der Waals surface area contributed by atoms with Gasteiger partial charge in [-0.15, -0.1) is 6.58 Å². The third-order valence-electron chi connectivity index (χ3n) is 17.1. The van der Waals surface area contributed by atoms with Crippen LogP contribution in [0.15, 0.2) is 43.0 Å². The summed E-state index contributed by atoms with van der Waals surface area (Å²) < 4.78 is 17.6. The Bertz CT molecular complexity index is 2060. The van der Waals surface area contributed by atoms with Gasteiger partial charge in [0.05, 0.1) is 43.2 Å². The predicted octanol–water partition coefficient (Wildman–Crippen LogP) is 7.15.